The fraction of sp³-hybridized carbons (Fsp3) is 0.200. The van der Waals surface area contributed by atoms with Crippen molar-refractivity contribution in [2.45, 2.75) is 55.7 Å². The van der Waals surface area contributed by atoms with Crippen LogP contribution >= 0.6 is 0 Å². The number of carboxylic acid groups (broad SMARTS) is 2. The van der Waals surface area contributed by atoms with E-state index in [9.17, 15) is 52.8 Å². The van der Waals surface area contributed by atoms with Crippen LogP contribution in [0.4, 0.5) is 13.2 Å². The Morgan fingerprint density at radius 1 is 0.587 bits per heavy atom. The Balaban J connectivity index is 0.000000253. The van der Waals surface area contributed by atoms with Gasteiger partial charge < -0.3 is 30.5 Å². The molecule has 3 unspecified atom stereocenters. The number of carbonyl (C=O) groups is 4. The Labute approximate surface area is 362 Å². The van der Waals surface area contributed by atoms with Gasteiger partial charge in [-0.05, 0) is 72.8 Å². The van der Waals surface area contributed by atoms with Crippen LogP contribution in [0, 0.1) is 0 Å². The number of benzene rings is 6. The van der Waals surface area contributed by atoms with Crippen molar-refractivity contribution in [3.63, 3.8) is 0 Å². The highest BCUT2D eigenvalue weighted by Crippen LogP contribution is 2.33. The predicted octanol–water partition coefficient (Wildman–Crippen LogP) is 8.41. The predicted molar refractivity (Wildman–Crippen MR) is 229 cm³/mol. The number of hydrogen-bond acceptors (Lipinski definition) is 8. The van der Waals surface area contributed by atoms with Crippen LogP contribution in [0.3, 0.4) is 0 Å². The quantitative estimate of drug-likeness (QED) is 0.0418. The van der Waals surface area contributed by atoms with Crippen molar-refractivity contribution >= 4 is 23.5 Å². The fourth-order valence-electron chi connectivity index (χ4n) is 6.95. The number of aliphatic hydroxyl groups is 2. The summed E-state index contributed by atoms with van der Waals surface area (Å²) < 4.78 is 44.4. The zero-order valence-electron chi connectivity index (χ0n) is 34.1. The van der Waals surface area contributed by atoms with Crippen LogP contribution in [0.5, 0.6) is 5.75 Å². The van der Waals surface area contributed by atoms with E-state index >= 15 is 0 Å². The van der Waals surface area contributed by atoms with Gasteiger partial charge in [-0.3, -0.25) is 9.59 Å². The standard InChI is InChI=1S/C32H32F3NO.C18H14O8/c1-24(36-20-19-31(27-10-4-2-5-11-27)28-12-6-3-7-13-28)21-25-15-17-30(18-16-25)37-23-26-9-8-14-29(22-26)32(33,34)35;19-13(11-7-3-1-4-8-11)17(25,15(21)22)18(26,16(23)24)14(20)12-9-5-2-6-10-12/h2-18,22,24,31,36H,19-21,23H2,1H3;1-10,25-26H,(H,21,22)(H,23,24). The largest absolute Gasteiger partial charge is 0.489 e. The first kappa shape index (κ1) is 47.1. The van der Waals surface area contributed by atoms with E-state index in [1.165, 1.54) is 59.2 Å². The van der Waals surface area contributed by atoms with Gasteiger partial charge in [0.1, 0.15) is 12.4 Å². The van der Waals surface area contributed by atoms with Crippen LogP contribution in [0.25, 0.3) is 0 Å². The Kier molecular flexibility index (Phi) is 15.9. The van der Waals surface area contributed by atoms with Gasteiger partial charge in [0.05, 0.1) is 5.56 Å². The Bertz CT molecular complexity index is 2320. The molecule has 0 saturated heterocycles. The van der Waals surface area contributed by atoms with Gasteiger partial charge in [0, 0.05) is 23.1 Å². The summed E-state index contributed by atoms with van der Waals surface area (Å²) in [6.45, 7) is 3.16. The van der Waals surface area contributed by atoms with Crippen molar-refractivity contribution in [1.82, 2.24) is 5.32 Å². The summed E-state index contributed by atoms with van der Waals surface area (Å²) in [7, 11) is 0. The fourth-order valence-corrected chi connectivity index (χ4v) is 6.95. The minimum absolute atomic E-state index is 0.0885. The minimum Gasteiger partial charge on any atom is -0.489 e. The molecule has 10 nitrogen and oxygen atoms in total. The summed E-state index contributed by atoms with van der Waals surface area (Å²) >= 11 is 0. The number of hydrogen-bond donors (Lipinski definition) is 5. The molecule has 0 heterocycles. The smallest absolute Gasteiger partial charge is 0.416 e. The molecule has 3 atom stereocenters. The van der Waals surface area contributed by atoms with E-state index in [4.69, 9.17) is 4.74 Å². The maximum atomic E-state index is 12.9. The number of ether oxygens (including phenoxy) is 1. The second-order valence-electron chi connectivity index (χ2n) is 14.8. The van der Waals surface area contributed by atoms with Crippen LogP contribution in [0.15, 0.2) is 170 Å². The highest BCUT2D eigenvalue weighted by Gasteiger charge is 2.69. The highest BCUT2D eigenvalue weighted by molar-refractivity contribution is 6.28. The van der Waals surface area contributed by atoms with Gasteiger partial charge in [-0.1, -0.05) is 146 Å². The SMILES string of the molecule is CC(Cc1ccc(OCc2cccc(C(F)(F)F)c2)cc1)NCCC(c1ccccc1)c1ccccc1.O=C(O)C(O)(C(=O)c1ccccc1)C(O)(C(=O)O)C(=O)c1ccccc1. The Morgan fingerprint density at radius 2 is 1.03 bits per heavy atom. The van der Waals surface area contributed by atoms with Crippen LogP contribution in [-0.2, 0) is 28.8 Å². The minimum atomic E-state index is -4.35. The Hall–Kier alpha value is -6.93. The molecule has 0 spiro atoms. The van der Waals surface area contributed by atoms with E-state index < -0.39 is 57.6 Å². The van der Waals surface area contributed by atoms with Crippen molar-refractivity contribution in [1.29, 1.82) is 0 Å². The molecule has 63 heavy (non-hydrogen) atoms. The van der Waals surface area contributed by atoms with E-state index in [1.807, 2.05) is 36.4 Å². The lowest BCUT2D eigenvalue weighted by Gasteiger charge is -2.34. The normalized spacial score (nSPS) is 13.6. The van der Waals surface area contributed by atoms with Crippen LogP contribution in [0.2, 0.25) is 0 Å². The lowest BCUT2D eigenvalue weighted by molar-refractivity contribution is -0.187. The van der Waals surface area contributed by atoms with Gasteiger partial charge in [0.15, 0.2) is 0 Å². The van der Waals surface area contributed by atoms with Crippen LogP contribution < -0.4 is 10.1 Å². The van der Waals surface area contributed by atoms with Gasteiger partial charge in [0.2, 0.25) is 11.6 Å². The number of Topliss-reactive ketones (excluding diaryl/α,β-unsaturated/α-hetero) is 2. The molecule has 0 radical (unpaired) electrons. The third-order valence-corrected chi connectivity index (χ3v) is 10.3. The van der Waals surface area contributed by atoms with Gasteiger partial charge in [-0.2, -0.15) is 13.2 Å². The first-order valence-electron chi connectivity index (χ1n) is 19.9. The third kappa shape index (κ3) is 11.7. The maximum Gasteiger partial charge on any atom is 0.416 e. The number of nitrogens with one attached hydrogen (secondary N) is 1. The molecule has 6 rings (SSSR count). The van der Waals surface area contributed by atoms with E-state index in [0.717, 1.165) is 55.8 Å². The zero-order chi connectivity index (χ0) is 45.6. The maximum absolute atomic E-state index is 12.9. The van der Waals surface area contributed by atoms with Gasteiger partial charge in [0.25, 0.3) is 11.2 Å². The number of carbonyl (C=O) groups excluding carboxylic acids is 2. The number of rotatable bonds is 18. The summed E-state index contributed by atoms with van der Waals surface area (Å²) in [5.41, 5.74) is -5.04. The molecule has 0 fully saturated rings. The van der Waals surface area contributed by atoms with Crippen molar-refractivity contribution in [2.24, 2.45) is 0 Å². The average Bonchev–Trinajstić information content (AvgIpc) is 3.30. The number of alkyl halides is 3. The van der Waals surface area contributed by atoms with Crippen molar-refractivity contribution in [3.8, 4) is 5.75 Å². The molecule has 0 aromatic heterocycles. The third-order valence-electron chi connectivity index (χ3n) is 10.3. The van der Waals surface area contributed by atoms with Crippen molar-refractivity contribution in [3.05, 3.63) is 209 Å². The van der Waals surface area contributed by atoms with Gasteiger partial charge in [-0.25, -0.2) is 9.59 Å². The number of halogens is 3. The second kappa shape index (κ2) is 21.2. The second-order valence-corrected chi connectivity index (χ2v) is 14.8. The van der Waals surface area contributed by atoms with Crippen LogP contribution in [0.1, 0.15) is 67.8 Å². The van der Waals surface area contributed by atoms with E-state index in [0.29, 0.717) is 23.3 Å². The lowest BCUT2D eigenvalue weighted by Crippen LogP contribution is -2.71. The van der Waals surface area contributed by atoms with Crippen molar-refractivity contribution < 1.29 is 57.5 Å². The first-order chi connectivity index (χ1) is 30.0. The zero-order valence-corrected chi connectivity index (χ0v) is 34.1. The molecule has 0 aliphatic heterocycles. The Morgan fingerprint density at radius 3 is 1.46 bits per heavy atom. The summed E-state index contributed by atoms with van der Waals surface area (Å²) in [5.74, 6) is -7.05. The summed E-state index contributed by atoms with van der Waals surface area (Å²) in [4.78, 5) is 48.5. The molecule has 13 heteroatoms. The number of aliphatic carboxylic acids is 2. The number of carboxylic acids is 2. The van der Waals surface area contributed by atoms with Crippen molar-refractivity contribution in [2.75, 3.05) is 6.54 Å². The topological polar surface area (TPSA) is 170 Å². The molecule has 0 bridgehead atoms. The summed E-state index contributed by atoms with van der Waals surface area (Å²) in [6.07, 6.45) is -2.48. The van der Waals surface area contributed by atoms with Gasteiger partial charge >= 0.3 is 18.1 Å². The van der Waals surface area contributed by atoms with E-state index in [1.54, 1.807) is 6.07 Å². The van der Waals surface area contributed by atoms with Gasteiger partial charge in [-0.15, -0.1) is 0 Å². The molecule has 0 saturated carbocycles. The summed E-state index contributed by atoms with van der Waals surface area (Å²) in [5, 5.41) is 43.5. The molecule has 326 valence electrons. The monoisotopic (exact) mass is 861 g/mol. The first-order valence-corrected chi connectivity index (χ1v) is 19.9. The molecule has 6 aromatic carbocycles. The molecular formula is C50H46F3NO9. The molecule has 6 aromatic rings. The van der Waals surface area contributed by atoms with Crippen LogP contribution in [-0.4, -0.2) is 67.7 Å². The van der Waals surface area contributed by atoms with E-state index in [2.05, 4.69) is 60.8 Å². The van der Waals surface area contributed by atoms with E-state index in [-0.39, 0.29) is 6.61 Å². The molecule has 0 aliphatic carbocycles. The molecular weight excluding hydrogens is 816 g/mol. The summed E-state index contributed by atoms with van der Waals surface area (Å²) in [6, 6.07) is 47.3. The lowest BCUT2D eigenvalue weighted by atomic mass is 9.73. The highest BCUT2D eigenvalue weighted by atomic mass is 19.4. The molecule has 0 aliphatic rings. The molecule has 0 amide bonds. The number of ketones is 2. The average molecular weight is 862 g/mol. The molecule has 5 N–H and O–H groups in total.